The van der Waals surface area contributed by atoms with Gasteiger partial charge in [0.15, 0.2) is 11.6 Å². The van der Waals surface area contributed by atoms with Crippen LogP contribution in [0.2, 0.25) is 0 Å². The Morgan fingerprint density at radius 1 is 0.800 bits per heavy atom. The lowest BCUT2D eigenvalue weighted by molar-refractivity contribution is 0.171. The van der Waals surface area contributed by atoms with E-state index in [2.05, 4.69) is 30.3 Å². The maximum Gasteiger partial charge on any atom is 0.200 e. The average molecular weight is 485 g/mol. The molecule has 0 spiro atoms. The molecule has 0 bridgehead atoms. The summed E-state index contributed by atoms with van der Waals surface area (Å²) in [5.41, 5.74) is 2.95. The lowest BCUT2D eigenvalue weighted by atomic mass is 9.68. The molecule has 0 atom stereocenters. The quantitative estimate of drug-likeness (QED) is 0.323. The normalized spacial score (nSPS) is 25.1. The van der Waals surface area contributed by atoms with E-state index in [4.69, 9.17) is 4.74 Å². The molecule has 2 aliphatic carbocycles. The summed E-state index contributed by atoms with van der Waals surface area (Å²) in [7, 11) is 0. The van der Waals surface area contributed by atoms with Crippen LogP contribution in [0, 0.1) is 29.4 Å². The largest absolute Gasteiger partial charge is 0.491 e. The van der Waals surface area contributed by atoms with Gasteiger partial charge in [-0.3, -0.25) is 0 Å². The summed E-state index contributed by atoms with van der Waals surface area (Å²) in [5, 5.41) is 0. The molecule has 35 heavy (non-hydrogen) atoms. The highest BCUT2D eigenvalue weighted by Crippen LogP contribution is 2.44. The third kappa shape index (κ3) is 6.71. The van der Waals surface area contributed by atoms with Crippen molar-refractivity contribution in [2.24, 2.45) is 17.8 Å². The van der Waals surface area contributed by atoms with Crippen LogP contribution in [0.3, 0.4) is 0 Å². The second-order valence-corrected chi connectivity index (χ2v) is 10.4. The number of ether oxygens (including phenoxy) is 1. The number of hydrogen-bond acceptors (Lipinski definition) is 1. The number of hydrogen-bond donors (Lipinski definition) is 0. The lowest BCUT2D eigenvalue weighted by Gasteiger charge is -2.37. The number of aryl methyl sites for hydroxylation is 2. The number of rotatable bonds is 9. The van der Waals surface area contributed by atoms with Crippen LogP contribution in [0.4, 0.5) is 13.2 Å². The lowest BCUT2D eigenvalue weighted by Crippen LogP contribution is -2.25. The molecular weight excluding hydrogens is 445 g/mol. The molecule has 4 rings (SSSR count). The minimum absolute atomic E-state index is 0.0220. The Morgan fingerprint density at radius 2 is 1.46 bits per heavy atom. The summed E-state index contributed by atoms with van der Waals surface area (Å²) in [4.78, 5) is 0. The van der Waals surface area contributed by atoms with Crippen molar-refractivity contribution in [1.29, 1.82) is 0 Å². The molecule has 0 unspecified atom stereocenters. The van der Waals surface area contributed by atoms with Crippen LogP contribution in [0.25, 0.3) is 0 Å². The van der Waals surface area contributed by atoms with Crippen molar-refractivity contribution >= 4 is 0 Å². The van der Waals surface area contributed by atoms with Gasteiger partial charge in [-0.05, 0) is 118 Å². The molecule has 0 saturated heterocycles. The van der Waals surface area contributed by atoms with Crippen molar-refractivity contribution in [1.82, 2.24) is 0 Å². The van der Waals surface area contributed by atoms with E-state index < -0.39 is 11.6 Å². The first-order valence-electron chi connectivity index (χ1n) is 13.5. The Morgan fingerprint density at radius 3 is 2.09 bits per heavy atom. The van der Waals surface area contributed by atoms with Gasteiger partial charge >= 0.3 is 0 Å². The van der Waals surface area contributed by atoms with Crippen LogP contribution in [0.1, 0.15) is 80.9 Å². The third-order valence-electron chi connectivity index (χ3n) is 8.31. The highest BCUT2D eigenvalue weighted by molar-refractivity contribution is 5.32. The fourth-order valence-electron chi connectivity index (χ4n) is 6.24. The highest BCUT2D eigenvalue weighted by atomic mass is 19.2. The first-order valence-corrected chi connectivity index (χ1v) is 13.5. The Bertz CT molecular complexity index is 952. The van der Waals surface area contributed by atoms with Gasteiger partial charge in [0, 0.05) is 0 Å². The van der Waals surface area contributed by atoms with Crippen molar-refractivity contribution in [2.45, 2.75) is 77.0 Å². The first kappa shape index (κ1) is 25.9. The maximum absolute atomic E-state index is 14.4. The maximum atomic E-state index is 14.4. The van der Waals surface area contributed by atoms with Gasteiger partial charge in [-0.2, -0.15) is 4.39 Å². The van der Waals surface area contributed by atoms with Crippen LogP contribution in [-0.4, -0.2) is 13.3 Å². The van der Waals surface area contributed by atoms with E-state index in [1.165, 1.54) is 63.0 Å². The molecule has 0 radical (unpaired) electrons. The second kappa shape index (κ2) is 12.6. The summed E-state index contributed by atoms with van der Waals surface area (Å²) >= 11 is 0. The predicted octanol–water partition coefficient (Wildman–Crippen LogP) is 8.75. The fraction of sp³-hybridized carbons (Fsp3) is 0.548. The predicted molar refractivity (Wildman–Crippen MR) is 137 cm³/mol. The molecule has 4 heteroatoms. The van der Waals surface area contributed by atoms with Gasteiger partial charge in [0.1, 0.15) is 6.67 Å². The molecular formula is C31H39F3O. The summed E-state index contributed by atoms with van der Waals surface area (Å²) < 4.78 is 46.0. The van der Waals surface area contributed by atoms with E-state index in [1.807, 2.05) is 0 Å². The van der Waals surface area contributed by atoms with Gasteiger partial charge < -0.3 is 4.74 Å². The zero-order valence-corrected chi connectivity index (χ0v) is 21.0. The van der Waals surface area contributed by atoms with Crippen LogP contribution < -0.4 is 4.74 Å². The number of allylic oxidation sites excluding steroid dienone is 2. The van der Waals surface area contributed by atoms with Crippen molar-refractivity contribution < 1.29 is 17.9 Å². The summed E-state index contributed by atoms with van der Waals surface area (Å²) in [6.45, 7) is 1.72. The van der Waals surface area contributed by atoms with E-state index >= 15 is 0 Å². The van der Waals surface area contributed by atoms with E-state index in [9.17, 15) is 13.2 Å². The molecule has 0 heterocycles. The summed E-state index contributed by atoms with van der Waals surface area (Å²) in [6, 6.07) is 11.9. The minimum Gasteiger partial charge on any atom is -0.491 e. The van der Waals surface area contributed by atoms with Gasteiger partial charge in [-0.25, -0.2) is 8.78 Å². The summed E-state index contributed by atoms with van der Waals surface area (Å²) in [5.74, 6) is 1.20. The number of alkyl halides is 1. The zero-order chi connectivity index (χ0) is 24.6. The minimum atomic E-state index is -0.892. The van der Waals surface area contributed by atoms with Gasteiger partial charge in [-0.15, -0.1) is 0 Å². The van der Waals surface area contributed by atoms with Crippen molar-refractivity contribution in [3.8, 4) is 5.75 Å². The fourth-order valence-corrected chi connectivity index (χ4v) is 6.24. The Hall–Kier alpha value is -2.23. The van der Waals surface area contributed by atoms with Crippen molar-refractivity contribution in [3.05, 3.63) is 76.9 Å². The Balaban J connectivity index is 1.24. The molecule has 2 aromatic rings. The van der Waals surface area contributed by atoms with E-state index in [-0.39, 0.29) is 12.4 Å². The summed E-state index contributed by atoms with van der Waals surface area (Å²) in [6.07, 6.45) is 15.1. The number of halogens is 3. The molecule has 2 saturated carbocycles. The smallest absolute Gasteiger partial charge is 0.200 e. The Labute approximate surface area is 208 Å². The highest BCUT2D eigenvalue weighted by Gasteiger charge is 2.30. The molecule has 0 N–H and O–H groups in total. The van der Waals surface area contributed by atoms with Crippen molar-refractivity contribution in [2.75, 3.05) is 13.3 Å². The standard InChI is InChI=1S/C31H39F3O/c1-2-35-29-20-19-28(30(33)31(29)34)14-9-23-7-12-25(13-8-23)27-17-15-26(16-18-27)24-10-5-22(6-11-24)4-3-21-32/h3-4,7-8,12-13,19-20,22,24,26-27H,2,5-6,9-11,14-18,21H2,1H3. The Kier molecular flexibility index (Phi) is 9.34. The van der Waals surface area contributed by atoms with Gasteiger partial charge in [0.05, 0.1) is 6.61 Å². The molecule has 1 nitrogen and oxygen atoms in total. The molecule has 2 fully saturated rings. The number of benzene rings is 2. The molecule has 2 aliphatic rings. The topological polar surface area (TPSA) is 9.23 Å². The molecule has 0 aromatic heterocycles. The van der Waals surface area contributed by atoms with E-state index in [0.717, 1.165) is 17.4 Å². The third-order valence-corrected chi connectivity index (χ3v) is 8.31. The van der Waals surface area contributed by atoms with Crippen LogP contribution >= 0.6 is 0 Å². The molecule has 190 valence electrons. The van der Waals surface area contributed by atoms with Gasteiger partial charge in [-0.1, -0.05) is 42.5 Å². The van der Waals surface area contributed by atoms with Crippen molar-refractivity contribution in [3.63, 3.8) is 0 Å². The molecule has 0 aliphatic heterocycles. The molecule has 0 amide bonds. The van der Waals surface area contributed by atoms with E-state index in [0.29, 0.717) is 36.8 Å². The van der Waals surface area contributed by atoms with Crippen LogP contribution in [0.15, 0.2) is 48.6 Å². The van der Waals surface area contributed by atoms with E-state index in [1.54, 1.807) is 19.1 Å². The monoisotopic (exact) mass is 484 g/mol. The van der Waals surface area contributed by atoms with Gasteiger partial charge in [0.2, 0.25) is 5.82 Å². The first-order chi connectivity index (χ1) is 17.1. The van der Waals surface area contributed by atoms with Crippen LogP contribution in [-0.2, 0) is 12.8 Å². The average Bonchev–Trinajstić information content (AvgIpc) is 2.90. The zero-order valence-electron chi connectivity index (χ0n) is 21.0. The van der Waals surface area contributed by atoms with Gasteiger partial charge in [0.25, 0.3) is 0 Å². The molecule has 2 aromatic carbocycles. The van der Waals surface area contributed by atoms with Crippen LogP contribution in [0.5, 0.6) is 5.75 Å². The second-order valence-electron chi connectivity index (χ2n) is 10.4. The SMILES string of the molecule is CCOc1ccc(CCc2ccc(C3CCC(C4CCC(C=CCF)CC4)CC3)cc2)c(F)c1F.